The zero-order valence-electron chi connectivity index (χ0n) is 15.1. The van der Waals surface area contributed by atoms with Gasteiger partial charge in [0.1, 0.15) is 5.75 Å². The molecule has 7 heteroatoms. The van der Waals surface area contributed by atoms with Crippen LogP contribution in [0.1, 0.15) is 11.1 Å². The molecular weight excluding hydrogens is 360 g/mol. The summed E-state index contributed by atoms with van der Waals surface area (Å²) in [5.74, 6) is 0.790. The molecule has 6 nitrogen and oxygen atoms in total. The molecule has 0 bridgehead atoms. The van der Waals surface area contributed by atoms with Gasteiger partial charge in [0.15, 0.2) is 5.16 Å². The first-order valence-corrected chi connectivity index (χ1v) is 9.19. The van der Waals surface area contributed by atoms with E-state index in [-0.39, 0.29) is 6.03 Å². The number of rotatable bonds is 6. The predicted molar refractivity (Wildman–Crippen MR) is 106 cm³/mol. The minimum Gasteiger partial charge on any atom is -0.497 e. The standard InChI is InChI=1S/C20H20N4O2S/c1-14-12-17(27-20-21-10-3-11-22-20)8-9-18(14)24-19(25)23-13-15-4-6-16(26-2)7-5-15/h3-12H,13H2,1-2H3,(H2,23,24,25). The molecule has 2 N–H and O–H groups in total. The fourth-order valence-corrected chi connectivity index (χ4v) is 3.19. The number of methoxy groups -OCH3 is 1. The number of ether oxygens (including phenoxy) is 1. The van der Waals surface area contributed by atoms with Crippen molar-refractivity contribution in [1.82, 2.24) is 15.3 Å². The van der Waals surface area contributed by atoms with Crippen LogP contribution in [0.2, 0.25) is 0 Å². The van der Waals surface area contributed by atoms with Gasteiger partial charge in [-0.2, -0.15) is 0 Å². The largest absolute Gasteiger partial charge is 0.497 e. The van der Waals surface area contributed by atoms with Crippen molar-refractivity contribution in [2.24, 2.45) is 0 Å². The molecule has 0 atom stereocenters. The van der Waals surface area contributed by atoms with E-state index in [1.54, 1.807) is 25.6 Å². The first-order valence-electron chi connectivity index (χ1n) is 8.37. The molecular formula is C20H20N4O2S. The third kappa shape index (κ3) is 5.46. The van der Waals surface area contributed by atoms with Gasteiger partial charge in [0, 0.05) is 29.5 Å². The summed E-state index contributed by atoms with van der Waals surface area (Å²) >= 11 is 1.48. The van der Waals surface area contributed by atoms with Crippen molar-refractivity contribution in [3.63, 3.8) is 0 Å². The van der Waals surface area contributed by atoms with E-state index in [9.17, 15) is 4.79 Å². The lowest BCUT2D eigenvalue weighted by Gasteiger charge is -2.11. The number of amides is 2. The van der Waals surface area contributed by atoms with Crippen LogP contribution in [0.3, 0.4) is 0 Å². The van der Waals surface area contributed by atoms with Crippen LogP contribution in [-0.4, -0.2) is 23.1 Å². The van der Waals surface area contributed by atoms with Gasteiger partial charge in [-0.05, 0) is 66.2 Å². The topological polar surface area (TPSA) is 76.1 Å². The molecule has 0 aliphatic rings. The molecule has 0 unspecified atom stereocenters. The number of benzene rings is 2. The van der Waals surface area contributed by atoms with Crippen LogP contribution >= 0.6 is 11.8 Å². The van der Waals surface area contributed by atoms with Crippen LogP contribution in [0.25, 0.3) is 0 Å². The highest BCUT2D eigenvalue weighted by atomic mass is 32.2. The Morgan fingerprint density at radius 2 is 1.85 bits per heavy atom. The first kappa shape index (κ1) is 18.7. The van der Waals surface area contributed by atoms with Crippen molar-refractivity contribution in [3.05, 3.63) is 72.1 Å². The van der Waals surface area contributed by atoms with E-state index in [1.165, 1.54) is 11.8 Å². The maximum absolute atomic E-state index is 12.2. The number of hydrogen-bond acceptors (Lipinski definition) is 5. The predicted octanol–water partition coefficient (Wildman–Crippen LogP) is 4.27. The molecule has 1 heterocycles. The van der Waals surface area contributed by atoms with E-state index in [0.717, 1.165) is 27.5 Å². The molecule has 0 aliphatic heterocycles. The van der Waals surface area contributed by atoms with Crippen molar-refractivity contribution < 1.29 is 9.53 Å². The summed E-state index contributed by atoms with van der Waals surface area (Å²) in [7, 11) is 1.62. The number of nitrogens with zero attached hydrogens (tertiary/aromatic N) is 2. The number of carbonyl (C=O) groups excluding carboxylic acids is 1. The smallest absolute Gasteiger partial charge is 0.319 e. The summed E-state index contributed by atoms with van der Waals surface area (Å²) in [4.78, 5) is 21.6. The van der Waals surface area contributed by atoms with E-state index in [0.29, 0.717) is 11.7 Å². The van der Waals surface area contributed by atoms with Crippen molar-refractivity contribution in [1.29, 1.82) is 0 Å². The maximum atomic E-state index is 12.2. The summed E-state index contributed by atoms with van der Waals surface area (Å²) in [6.45, 7) is 2.39. The van der Waals surface area contributed by atoms with Gasteiger partial charge in [0.2, 0.25) is 0 Å². The van der Waals surface area contributed by atoms with Gasteiger partial charge in [-0.15, -0.1) is 0 Å². The highest BCUT2D eigenvalue weighted by Gasteiger charge is 2.07. The zero-order chi connectivity index (χ0) is 19.1. The quantitative estimate of drug-likeness (QED) is 0.625. The zero-order valence-corrected chi connectivity index (χ0v) is 15.9. The number of nitrogens with one attached hydrogen (secondary N) is 2. The summed E-state index contributed by atoms with van der Waals surface area (Å²) in [6, 6.07) is 14.9. The Morgan fingerprint density at radius 1 is 1.11 bits per heavy atom. The van der Waals surface area contributed by atoms with E-state index in [2.05, 4.69) is 20.6 Å². The minimum absolute atomic E-state index is 0.249. The first-order chi connectivity index (χ1) is 13.1. The monoisotopic (exact) mass is 380 g/mol. The second kappa shape index (κ2) is 9.05. The number of anilines is 1. The molecule has 0 fully saturated rings. The third-order valence-electron chi connectivity index (χ3n) is 3.81. The molecule has 0 saturated carbocycles. The van der Waals surface area contributed by atoms with Crippen molar-refractivity contribution >= 4 is 23.5 Å². The van der Waals surface area contributed by atoms with Gasteiger partial charge in [-0.1, -0.05) is 12.1 Å². The molecule has 0 spiro atoms. The van der Waals surface area contributed by atoms with E-state index in [1.807, 2.05) is 49.4 Å². The second-order valence-electron chi connectivity index (χ2n) is 5.77. The van der Waals surface area contributed by atoms with Crippen LogP contribution in [0, 0.1) is 6.92 Å². The highest BCUT2D eigenvalue weighted by molar-refractivity contribution is 7.99. The normalized spacial score (nSPS) is 10.3. The Bertz CT molecular complexity index is 902. The SMILES string of the molecule is COc1ccc(CNC(=O)Nc2ccc(Sc3ncccn3)cc2C)cc1. The van der Waals surface area contributed by atoms with Gasteiger partial charge in [-0.3, -0.25) is 0 Å². The summed E-state index contributed by atoms with van der Waals surface area (Å²) in [5.41, 5.74) is 2.73. The van der Waals surface area contributed by atoms with Crippen LogP contribution in [0.5, 0.6) is 5.75 Å². The maximum Gasteiger partial charge on any atom is 0.319 e. The number of aryl methyl sites for hydroxylation is 1. The average Bonchev–Trinajstić information content (AvgIpc) is 2.70. The molecule has 1 aromatic heterocycles. The summed E-state index contributed by atoms with van der Waals surface area (Å²) < 4.78 is 5.12. The number of hydrogen-bond donors (Lipinski definition) is 2. The Kier molecular flexibility index (Phi) is 6.27. The lowest BCUT2D eigenvalue weighted by Crippen LogP contribution is -2.28. The van der Waals surface area contributed by atoms with Gasteiger partial charge in [0.25, 0.3) is 0 Å². The number of carbonyl (C=O) groups is 1. The minimum atomic E-state index is -0.249. The van der Waals surface area contributed by atoms with Gasteiger partial charge in [0.05, 0.1) is 7.11 Å². The lowest BCUT2D eigenvalue weighted by atomic mass is 10.2. The van der Waals surface area contributed by atoms with Crippen molar-refractivity contribution in [2.75, 3.05) is 12.4 Å². The summed E-state index contributed by atoms with van der Waals surface area (Å²) in [6.07, 6.45) is 3.43. The third-order valence-corrected chi connectivity index (χ3v) is 4.69. The Labute approximate surface area is 162 Å². The Hall–Kier alpha value is -3.06. The van der Waals surface area contributed by atoms with Gasteiger partial charge < -0.3 is 15.4 Å². The molecule has 27 heavy (non-hydrogen) atoms. The van der Waals surface area contributed by atoms with Gasteiger partial charge >= 0.3 is 6.03 Å². The molecule has 0 saturated heterocycles. The van der Waals surface area contributed by atoms with Crippen LogP contribution in [0.15, 0.2) is 71.0 Å². The number of urea groups is 1. The average molecular weight is 380 g/mol. The van der Waals surface area contributed by atoms with Crippen LogP contribution in [0.4, 0.5) is 10.5 Å². The van der Waals surface area contributed by atoms with Crippen molar-refractivity contribution in [2.45, 2.75) is 23.5 Å². The van der Waals surface area contributed by atoms with Crippen LogP contribution < -0.4 is 15.4 Å². The molecule has 0 radical (unpaired) electrons. The van der Waals surface area contributed by atoms with Gasteiger partial charge in [-0.25, -0.2) is 14.8 Å². The van der Waals surface area contributed by atoms with Crippen LogP contribution in [-0.2, 0) is 6.54 Å². The molecule has 2 amide bonds. The lowest BCUT2D eigenvalue weighted by molar-refractivity contribution is 0.251. The van der Waals surface area contributed by atoms with E-state index in [4.69, 9.17) is 4.74 Å². The highest BCUT2D eigenvalue weighted by Crippen LogP contribution is 2.27. The molecule has 3 rings (SSSR count). The Balaban J connectivity index is 1.55. The summed E-state index contributed by atoms with van der Waals surface area (Å²) in [5, 5.41) is 6.42. The molecule has 2 aromatic carbocycles. The molecule has 3 aromatic rings. The van der Waals surface area contributed by atoms with E-state index < -0.39 is 0 Å². The second-order valence-corrected chi connectivity index (χ2v) is 6.81. The fourth-order valence-electron chi connectivity index (χ4n) is 2.38. The fraction of sp³-hybridized carbons (Fsp3) is 0.150. The Morgan fingerprint density at radius 3 is 2.52 bits per heavy atom. The molecule has 138 valence electrons. The van der Waals surface area contributed by atoms with Crippen molar-refractivity contribution in [3.8, 4) is 5.75 Å². The number of aromatic nitrogens is 2. The van der Waals surface area contributed by atoms with E-state index >= 15 is 0 Å². The molecule has 0 aliphatic carbocycles.